The van der Waals surface area contributed by atoms with Gasteiger partial charge in [0.1, 0.15) is 24.4 Å². The molecule has 1 aliphatic carbocycles. The first kappa shape index (κ1) is 22.2. The number of allylic oxidation sites excluding steroid dienone is 1. The van der Waals surface area contributed by atoms with Gasteiger partial charge in [0, 0.05) is 24.5 Å². The number of hydrogen-bond donors (Lipinski definition) is 1. The molecular formula is C22H28O8. The minimum Gasteiger partial charge on any atom is -0.458 e. The SMILES string of the molecule is C=C1C(=O)OC2/C=C(\C)C(OC(C)=O)C3OC3C(C)(O)CC(OC(=O)/C(C)=C/C)C12. The number of carbonyl (C=O) groups excluding carboxylic acids is 3. The van der Waals surface area contributed by atoms with Crippen LogP contribution < -0.4 is 0 Å². The number of ether oxygens (including phenoxy) is 4. The molecule has 8 heteroatoms. The lowest BCUT2D eigenvalue weighted by Gasteiger charge is -2.33. The smallest absolute Gasteiger partial charge is 0.334 e. The summed E-state index contributed by atoms with van der Waals surface area (Å²) in [5.74, 6) is -2.33. The van der Waals surface area contributed by atoms with Crippen molar-refractivity contribution in [1.82, 2.24) is 0 Å². The van der Waals surface area contributed by atoms with Crippen molar-refractivity contribution in [1.29, 1.82) is 0 Å². The molecule has 7 atom stereocenters. The summed E-state index contributed by atoms with van der Waals surface area (Å²) in [5.41, 5.74) is -0.232. The normalized spacial score (nSPS) is 40.3. The van der Waals surface area contributed by atoms with Crippen LogP contribution in [0.4, 0.5) is 0 Å². The van der Waals surface area contributed by atoms with E-state index in [2.05, 4.69) is 6.58 Å². The van der Waals surface area contributed by atoms with Crippen LogP contribution in [0.3, 0.4) is 0 Å². The monoisotopic (exact) mass is 420 g/mol. The maximum absolute atomic E-state index is 12.5. The molecule has 8 nitrogen and oxygen atoms in total. The Labute approximate surface area is 175 Å². The Morgan fingerprint density at radius 1 is 1.33 bits per heavy atom. The van der Waals surface area contributed by atoms with Gasteiger partial charge in [-0.25, -0.2) is 9.59 Å². The zero-order chi connectivity index (χ0) is 22.4. The fraction of sp³-hybridized carbons (Fsp3) is 0.591. The van der Waals surface area contributed by atoms with Crippen LogP contribution in [-0.4, -0.2) is 59.1 Å². The van der Waals surface area contributed by atoms with Crippen molar-refractivity contribution < 1.29 is 38.4 Å². The van der Waals surface area contributed by atoms with E-state index in [0.717, 1.165) is 0 Å². The number of carbonyl (C=O) groups is 3. The van der Waals surface area contributed by atoms with Crippen LogP contribution in [0.2, 0.25) is 0 Å². The lowest BCUT2D eigenvalue weighted by Crippen LogP contribution is -2.45. The molecule has 0 aromatic rings. The predicted molar refractivity (Wildman–Crippen MR) is 105 cm³/mol. The highest BCUT2D eigenvalue weighted by Crippen LogP contribution is 2.45. The van der Waals surface area contributed by atoms with Crippen LogP contribution in [-0.2, 0) is 33.3 Å². The fourth-order valence-electron chi connectivity index (χ4n) is 4.10. The molecule has 2 saturated heterocycles. The first-order chi connectivity index (χ1) is 14.0. The Kier molecular flexibility index (Phi) is 5.93. The van der Waals surface area contributed by atoms with Gasteiger partial charge in [-0.05, 0) is 39.3 Å². The maximum Gasteiger partial charge on any atom is 0.334 e. The van der Waals surface area contributed by atoms with Crippen LogP contribution in [0.1, 0.15) is 41.0 Å². The third-order valence-electron chi connectivity index (χ3n) is 5.90. The second-order valence-corrected chi connectivity index (χ2v) is 8.36. The quantitative estimate of drug-likeness (QED) is 0.242. The van der Waals surface area contributed by atoms with Gasteiger partial charge in [-0.3, -0.25) is 4.79 Å². The van der Waals surface area contributed by atoms with Crippen molar-refractivity contribution in [3.63, 3.8) is 0 Å². The second-order valence-electron chi connectivity index (χ2n) is 8.36. The van der Waals surface area contributed by atoms with Crippen molar-refractivity contribution in [3.05, 3.63) is 35.5 Å². The highest BCUT2D eigenvalue weighted by Gasteiger charge is 2.59. The molecule has 2 aliphatic heterocycles. The van der Waals surface area contributed by atoms with E-state index in [4.69, 9.17) is 18.9 Å². The van der Waals surface area contributed by atoms with Gasteiger partial charge >= 0.3 is 17.9 Å². The Hall–Kier alpha value is -2.45. The number of esters is 3. The van der Waals surface area contributed by atoms with Gasteiger partial charge in [0.2, 0.25) is 0 Å². The largest absolute Gasteiger partial charge is 0.458 e. The summed E-state index contributed by atoms with van der Waals surface area (Å²) in [5, 5.41) is 11.1. The van der Waals surface area contributed by atoms with Gasteiger partial charge in [-0.2, -0.15) is 0 Å². The molecule has 2 heterocycles. The third kappa shape index (κ3) is 4.20. The minimum absolute atomic E-state index is 0.00654. The van der Waals surface area contributed by atoms with Crippen molar-refractivity contribution >= 4 is 17.9 Å². The lowest BCUT2D eigenvalue weighted by molar-refractivity contribution is -0.152. The summed E-state index contributed by atoms with van der Waals surface area (Å²) in [7, 11) is 0. The van der Waals surface area contributed by atoms with Gasteiger partial charge < -0.3 is 24.1 Å². The number of aliphatic hydroxyl groups is 1. The molecular weight excluding hydrogens is 392 g/mol. The summed E-state index contributed by atoms with van der Waals surface area (Å²) < 4.78 is 22.3. The average Bonchev–Trinajstić information content (AvgIpc) is 3.40. The molecule has 1 N–H and O–H groups in total. The summed E-state index contributed by atoms with van der Waals surface area (Å²) >= 11 is 0. The average molecular weight is 420 g/mol. The van der Waals surface area contributed by atoms with E-state index in [1.54, 1.807) is 39.8 Å². The first-order valence-electron chi connectivity index (χ1n) is 9.93. The van der Waals surface area contributed by atoms with Crippen molar-refractivity contribution in [2.24, 2.45) is 5.92 Å². The van der Waals surface area contributed by atoms with Crippen molar-refractivity contribution in [2.45, 2.75) is 77.2 Å². The van der Waals surface area contributed by atoms with Crippen molar-refractivity contribution in [3.8, 4) is 0 Å². The molecule has 2 fully saturated rings. The minimum atomic E-state index is -1.41. The Morgan fingerprint density at radius 3 is 2.60 bits per heavy atom. The molecule has 164 valence electrons. The Bertz CT molecular complexity index is 836. The molecule has 0 aromatic carbocycles. The van der Waals surface area contributed by atoms with Crippen LogP contribution >= 0.6 is 0 Å². The zero-order valence-electron chi connectivity index (χ0n) is 17.8. The van der Waals surface area contributed by atoms with Crippen LogP contribution in [0.5, 0.6) is 0 Å². The molecule has 30 heavy (non-hydrogen) atoms. The maximum atomic E-state index is 12.5. The molecule has 0 radical (unpaired) electrons. The predicted octanol–water partition coefficient (Wildman–Crippen LogP) is 1.76. The fourth-order valence-corrected chi connectivity index (χ4v) is 4.10. The molecule has 0 aromatic heterocycles. The molecule has 3 aliphatic rings. The van der Waals surface area contributed by atoms with Crippen LogP contribution in [0.15, 0.2) is 35.5 Å². The van der Waals surface area contributed by atoms with Gasteiger partial charge in [-0.15, -0.1) is 0 Å². The van der Waals surface area contributed by atoms with E-state index in [9.17, 15) is 19.5 Å². The van der Waals surface area contributed by atoms with E-state index in [0.29, 0.717) is 11.1 Å². The van der Waals surface area contributed by atoms with E-state index < -0.39 is 59.9 Å². The number of hydrogen-bond acceptors (Lipinski definition) is 8. The van der Waals surface area contributed by atoms with Gasteiger partial charge in [0.15, 0.2) is 6.10 Å². The highest BCUT2D eigenvalue weighted by atomic mass is 16.6. The summed E-state index contributed by atoms with van der Waals surface area (Å²) in [6.07, 6.45) is -0.261. The van der Waals surface area contributed by atoms with Gasteiger partial charge in [0.05, 0.1) is 11.5 Å². The van der Waals surface area contributed by atoms with E-state index in [1.807, 2.05) is 0 Å². The van der Waals surface area contributed by atoms with Gasteiger partial charge in [0.25, 0.3) is 0 Å². The van der Waals surface area contributed by atoms with Crippen LogP contribution in [0, 0.1) is 5.92 Å². The van der Waals surface area contributed by atoms with E-state index in [1.165, 1.54) is 6.92 Å². The van der Waals surface area contributed by atoms with E-state index in [-0.39, 0.29) is 12.0 Å². The summed E-state index contributed by atoms with van der Waals surface area (Å²) in [4.78, 5) is 36.4. The number of epoxide rings is 1. The zero-order valence-corrected chi connectivity index (χ0v) is 17.8. The lowest BCUT2D eigenvalue weighted by atomic mass is 9.80. The molecule has 3 rings (SSSR count). The van der Waals surface area contributed by atoms with Gasteiger partial charge in [-0.1, -0.05) is 12.7 Å². The topological polar surface area (TPSA) is 112 Å². The standard InChI is InChI=1S/C22H28O8/c1-7-10(2)20(24)29-15-9-22(6,26)19-18(30-19)17(27-13(5)23)11(3)8-14-16(15)12(4)21(25)28-14/h7-8,14-19,26H,4,9H2,1-3,5-6H3/b10-7+,11-8+. The summed E-state index contributed by atoms with van der Waals surface area (Å²) in [6, 6.07) is 0. The van der Waals surface area contributed by atoms with Crippen molar-refractivity contribution in [2.75, 3.05) is 0 Å². The number of fused-ring (bicyclic) bond motifs is 2. The molecule has 0 bridgehead atoms. The Morgan fingerprint density at radius 2 is 2.00 bits per heavy atom. The summed E-state index contributed by atoms with van der Waals surface area (Å²) in [6.45, 7) is 11.8. The Balaban J connectivity index is 2.03. The second kappa shape index (κ2) is 8.00. The molecule has 0 saturated carbocycles. The molecule has 0 amide bonds. The third-order valence-corrected chi connectivity index (χ3v) is 5.90. The van der Waals surface area contributed by atoms with E-state index >= 15 is 0 Å². The van der Waals surface area contributed by atoms with Crippen LogP contribution in [0.25, 0.3) is 0 Å². The highest BCUT2D eigenvalue weighted by molar-refractivity contribution is 5.92. The first-order valence-corrected chi connectivity index (χ1v) is 9.93. The number of rotatable bonds is 3. The molecule has 0 spiro atoms. The molecule has 7 unspecified atom stereocenters.